The van der Waals surface area contributed by atoms with Crippen molar-refractivity contribution in [3.63, 3.8) is 0 Å². The smallest absolute Gasteiger partial charge is 0.338 e. The van der Waals surface area contributed by atoms with Crippen LogP contribution in [0.15, 0.2) is 24.3 Å². The molecule has 1 aliphatic carbocycles. The molecule has 290 valence electrons. The first-order valence-electron chi connectivity index (χ1n) is 16.5. The third-order valence-electron chi connectivity index (χ3n) is 8.89. The zero-order chi connectivity index (χ0) is 38.8. The minimum absolute atomic E-state index is 0.105. The minimum atomic E-state index is -1.71. The van der Waals surface area contributed by atoms with E-state index in [0.29, 0.717) is 0 Å². The molecule has 4 bridgehead atoms. The number of alkyl halides is 1. The Morgan fingerprint density at radius 3 is 1.92 bits per heavy atom. The van der Waals surface area contributed by atoms with Crippen molar-refractivity contribution >= 4 is 53.4 Å². The van der Waals surface area contributed by atoms with Crippen LogP contribution in [0.4, 0.5) is 0 Å². The van der Waals surface area contributed by atoms with E-state index in [1.54, 1.807) is 0 Å². The number of ether oxygens (including phenoxy) is 11. The van der Waals surface area contributed by atoms with Gasteiger partial charge >= 0.3 is 41.8 Å². The van der Waals surface area contributed by atoms with E-state index < -0.39 is 121 Å². The highest BCUT2D eigenvalue weighted by Gasteiger charge is 2.71. The second-order valence-corrected chi connectivity index (χ2v) is 13.3. The quantitative estimate of drug-likeness (QED) is 0.135. The van der Waals surface area contributed by atoms with Gasteiger partial charge in [-0.1, -0.05) is 0 Å². The van der Waals surface area contributed by atoms with E-state index in [9.17, 15) is 33.6 Å². The zero-order valence-corrected chi connectivity index (χ0v) is 30.3. The number of halogens is 1. The molecule has 0 N–H and O–H groups in total. The van der Waals surface area contributed by atoms with Crippen LogP contribution in [0.1, 0.15) is 58.3 Å². The summed E-state index contributed by atoms with van der Waals surface area (Å²) in [5.74, 6) is -6.85. The van der Waals surface area contributed by atoms with Crippen molar-refractivity contribution in [2.45, 2.75) is 108 Å². The number of hydrogen-bond acceptors (Lipinski definition) is 18. The third kappa shape index (κ3) is 8.89. The lowest BCUT2D eigenvalue weighted by Gasteiger charge is -2.46. The summed E-state index contributed by atoms with van der Waals surface area (Å²) in [5, 5.41) is -1.21. The first-order chi connectivity index (χ1) is 25.0. The number of esters is 7. The van der Waals surface area contributed by atoms with Gasteiger partial charge in [-0.3, -0.25) is 28.8 Å². The summed E-state index contributed by atoms with van der Waals surface area (Å²) in [6, 6.07) is 5.62. The maximum absolute atomic E-state index is 13.4. The van der Waals surface area contributed by atoms with Gasteiger partial charge in [0, 0.05) is 53.9 Å². The molecule has 0 radical (unpaired) electrons. The van der Waals surface area contributed by atoms with E-state index in [1.807, 2.05) is 0 Å². The van der Waals surface area contributed by atoms with E-state index in [1.165, 1.54) is 31.2 Å². The maximum Gasteiger partial charge on any atom is 0.338 e. The van der Waals surface area contributed by atoms with Gasteiger partial charge in [-0.25, -0.2) is 4.79 Å². The van der Waals surface area contributed by atoms with Crippen molar-refractivity contribution in [2.24, 2.45) is 11.8 Å². The Morgan fingerprint density at radius 1 is 0.717 bits per heavy atom. The van der Waals surface area contributed by atoms with E-state index in [4.69, 9.17) is 63.7 Å². The molecule has 4 aliphatic heterocycles. The number of hydrogen-bond donors (Lipinski definition) is 0. The predicted molar refractivity (Wildman–Crippen MR) is 170 cm³/mol. The summed E-state index contributed by atoms with van der Waals surface area (Å²) in [4.78, 5) is 86.0. The second-order valence-electron chi connectivity index (χ2n) is 12.8. The normalized spacial score (nSPS) is 34.1. The predicted octanol–water partition coefficient (Wildman–Crippen LogP) is 1.50. The molecule has 0 aromatic heterocycles. The van der Waals surface area contributed by atoms with Crippen LogP contribution in [0.5, 0.6) is 5.75 Å². The molecule has 4 heterocycles. The summed E-state index contributed by atoms with van der Waals surface area (Å²) >= 11 is 7.05. The fraction of sp³-hybridized carbons (Fsp3) is 0.618. The summed E-state index contributed by atoms with van der Waals surface area (Å²) in [6.45, 7) is 5.94. The maximum atomic E-state index is 13.4. The van der Waals surface area contributed by atoms with Gasteiger partial charge in [0.2, 0.25) is 6.29 Å². The molecule has 1 aromatic carbocycles. The molecule has 6 rings (SSSR count). The molecular formula is C34H39ClO18. The lowest BCUT2D eigenvalue weighted by atomic mass is 9.82. The zero-order valence-electron chi connectivity index (χ0n) is 29.5. The van der Waals surface area contributed by atoms with E-state index in [0.717, 1.165) is 34.6 Å². The molecule has 5 fully saturated rings. The number of fused-ring (bicyclic) bond motifs is 2. The fourth-order valence-electron chi connectivity index (χ4n) is 7.11. The molecule has 0 unspecified atom stereocenters. The fourth-order valence-corrected chi connectivity index (χ4v) is 7.60. The van der Waals surface area contributed by atoms with Crippen LogP contribution in [0.25, 0.3) is 0 Å². The first-order valence-corrected chi connectivity index (χ1v) is 17.0. The van der Waals surface area contributed by atoms with Crippen molar-refractivity contribution < 1.29 is 85.7 Å². The Balaban J connectivity index is 1.49. The van der Waals surface area contributed by atoms with Gasteiger partial charge in [0.15, 0.2) is 36.5 Å². The number of rotatable bonds is 11. The molecule has 0 amide bonds. The van der Waals surface area contributed by atoms with Crippen molar-refractivity contribution in [3.05, 3.63) is 29.8 Å². The lowest BCUT2D eigenvalue weighted by molar-refractivity contribution is -0.371. The highest BCUT2D eigenvalue weighted by Crippen LogP contribution is 2.57. The van der Waals surface area contributed by atoms with Crippen LogP contribution in [0.2, 0.25) is 0 Å². The number of carbonyl (C=O) groups is 7. The third-order valence-corrected chi connectivity index (χ3v) is 9.50. The van der Waals surface area contributed by atoms with Gasteiger partial charge in [0.1, 0.15) is 29.9 Å². The van der Waals surface area contributed by atoms with Gasteiger partial charge in [0.25, 0.3) is 0 Å². The van der Waals surface area contributed by atoms with Crippen molar-refractivity contribution in [2.75, 3.05) is 13.2 Å². The van der Waals surface area contributed by atoms with Crippen LogP contribution in [0.3, 0.4) is 0 Å². The Morgan fingerprint density at radius 2 is 1.34 bits per heavy atom. The standard InChI is InChI=1S/C34H39ClO18/c1-14(36)43-12-23-27(46-16(3)38)28(47-17(4)39)29(48-18(5)40)33(49-23)52-32-25-22-11-24(50-32)44-13-34(25,53-19(6)41)30(35)26(22)51-31(42)20-7-9-21(10-8-20)45-15(2)37/h7-10,22-30,32-33H,11-13H2,1-6H3/t22-,23-,24-,25-,26+,27-,28+,29-,30-,32+,33+,34-/m1/s1. The topological polar surface area (TPSA) is 221 Å². The van der Waals surface area contributed by atoms with Crippen LogP contribution in [-0.2, 0) is 76.1 Å². The van der Waals surface area contributed by atoms with E-state index in [2.05, 4.69) is 0 Å². The van der Waals surface area contributed by atoms with Gasteiger partial charge < -0.3 is 52.1 Å². The van der Waals surface area contributed by atoms with Crippen molar-refractivity contribution in [3.8, 4) is 5.75 Å². The molecule has 5 aliphatic rings. The molecule has 53 heavy (non-hydrogen) atoms. The van der Waals surface area contributed by atoms with E-state index >= 15 is 0 Å². The largest absolute Gasteiger partial charge is 0.463 e. The molecule has 0 spiro atoms. The van der Waals surface area contributed by atoms with Gasteiger partial charge in [0.05, 0.1) is 18.1 Å². The SMILES string of the molecule is CC(=O)OC[C@H]1O[C@@H](O[C@@H]2O[C@@H]3C[C@H]4[C@H](OC(=O)c5ccc(OC(C)=O)cc5)[C@@H](Cl)[C@@](OC(C)=O)(CO3)[C@@H]24)[C@H](OC(C)=O)[C@@H](OC(C)=O)[C@@H]1OC(C)=O. The van der Waals surface area contributed by atoms with Gasteiger partial charge in [-0.05, 0) is 24.3 Å². The summed E-state index contributed by atoms with van der Waals surface area (Å²) < 4.78 is 63.1. The Bertz CT molecular complexity index is 1600. The van der Waals surface area contributed by atoms with Crippen molar-refractivity contribution in [1.82, 2.24) is 0 Å². The van der Waals surface area contributed by atoms with Gasteiger partial charge in [-0.2, -0.15) is 0 Å². The van der Waals surface area contributed by atoms with Crippen LogP contribution >= 0.6 is 11.6 Å². The molecule has 1 saturated carbocycles. The first kappa shape index (κ1) is 39.8. The number of carbonyl (C=O) groups excluding carboxylic acids is 7. The molecule has 1 aromatic rings. The summed E-state index contributed by atoms with van der Waals surface area (Å²) in [7, 11) is 0. The van der Waals surface area contributed by atoms with Crippen LogP contribution in [0, 0.1) is 11.8 Å². The molecule has 18 nitrogen and oxygen atoms in total. The average Bonchev–Trinajstić information content (AvgIpc) is 3.15. The number of benzene rings is 1. The molecular weight excluding hydrogens is 732 g/mol. The Hall–Kier alpha value is -4.36. The Labute approximate surface area is 307 Å². The highest BCUT2D eigenvalue weighted by atomic mass is 35.5. The minimum Gasteiger partial charge on any atom is -0.463 e. The average molecular weight is 771 g/mol. The van der Waals surface area contributed by atoms with Gasteiger partial charge in [-0.15, -0.1) is 11.6 Å². The molecule has 12 atom stereocenters. The van der Waals surface area contributed by atoms with E-state index in [-0.39, 0.29) is 24.3 Å². The summed E-state index contributed by atoms with van der Waals surface area (Å²) in [6.07, 6.45) is -11.0. The van der Waals surface area contributed by atoms with Crippen LogP contribution in [-0.4, -0.2) is 115 Å². The molecule has 4 saturated heterocycles. The lowest BCUT2D eigenvalue weighted by Crippen LogP contribution is -2.64. The molecule has 19 heteroatoms. The summed E-state index contributed by atoms with van der Waals surface area (Å²) in [5.41, 5.74) is -1.61. The monoisotopic (exact) mass is 770 g/mol. The Kier molecular flexibility index (Phi) is 12.3. The second kappa shape index (κ2) is 16.3. The highest BCUT2D eigenvalue weighted by molar-refractivity contribution is 6.22. The van der Waals surface area contributed by atoms with Crippen LogP contribution < -0.4 is 4.74 Å². The van der Waals surface area contributed by atoms with Crippen molar-refractivity contribution in [1.29, 1.82) is 0 Å².